The highest BCUT2D eigenvalue weighted by Gasteiger charge is 2.20. The molecule has 17 heavy (non-hydrogen) atoms. The average molecular weight is 254 g/mol. The summed E-state index contributed by atoms with van der Waals surface area (Å²) in [5, 5.41) is 3.04. The number of imidazole rings is 1. The van der Waals surface area contributed by atoms with Gasteiger partial charge in [0.25, 0.3) is 0 Å². The number of pyridine rings is 1. The molecule has 2 aromatic rings. The molecule has 1 atom stereocenters. The second-order valence-electron chi connectivity index (χ2n) is 3.63. The molecular formula is C10H12ClN5O. The Kier molecular flexibility index (Phi) is 2.89. The number of nitrogens with zero attached hydrogens (tertiary/aromatic N) is 3. The quantitative estimate of drug-likeness (QED) is 0.835. The summed E-state index contributed by atoms with van der Waals surface area (Å²) in [5.74, 6) is 0.0821. The molecule has 1 amide bonds. The number of carbonyl (C=O) groups excluding carboxylic acids is 1. The molecule has 0 aliphatic rings. The van der Waals surface area contributed by atoms with Crippen LogP contribution < -0.4 is 11.1 Å². The number of nitrogens with two attached hydrogens (primary N) is 1. The molecule has 0 aromatic carbocycles. The minimum atomic E-state index is -0.473. The highest BCUT2D eigenvalue weighted by molar-refractivity contribution is 6.31. The van der Waals surface area contributed by atoms with E-state index >= 15 is 0 Å². The summed E-state index contributed by atoms with van der Waals surface area (Å²) in [6.45, 7) is 1.73. The first-order chi connectivity index (χ1) is 8.04. The van der Waals surface area contributed by atoms with E-state index in [1.807, 2.05) is 0 Å². The lowest BCUT2D eigenvalue weighted by Gasteiger charge is -2.13. The number of rotatable bonds is 2. The van der Waals surface area contributed by atoms with E-state index in [4.69, 9.17) is 17.3 Å². The highest BCUT2D eigenvalue weighted by Crippen LogP contribution is 2.23. The third-order valence-corrected chi connectivity index (χ3v) is 2.74. The Morgan fingerprint density at radius 3 is 3.00 bits per heavy atom. The van der Waals surface area contributed by atoms with E-state index in [-0.39, 0.29) is 11.9 Å². The summed E-state index contributed by atoms with van der Waals surface area (Å²) in [6, 6.07) is 1.19. The van der Waals surface area contributed by atoms with Gasteiger partial charge in [0.15, 0.2) is 5.65 Å². The van der Waals surface area contributed by atoms with Crippen LogP contribution in [0.15, 0.2) is 12.3 Å². The van der Waals surface area contributed by atoms with Gasteiger partial charge in [-0.2, -0.15) is 0 Å². The molecule has 0 bridgehead atoms. The topological polar surface area (TPSA) is 85.8 Å². The Morgan fingerprint density at radius 2 is 2.35 bits per heavy atom. The summed E-state index contributed by atoms with van der Waals surface area (Å²) in [7, 11) is 1.57. The number of aromatic nitrogens is 3. The van der Waals surface area contributed by atoms with Gasteiger partial charge < -0.3 is 11.1 Å². The molecule has 0 aliphatic carbocycles. The Hall–Kier alpha value is -1.82. The number of fused-ring (bicyclic) bond motifs is 1. The first-order valence-electron chi connectivity index (χ1n) is 5.05. The molecule has 2 rings (SSSR count). The third kappa shape index (κ3) is 1.91. The van der Waals surface area contributed by atoms with Crippen LogP contribution in [0.2, 0.25) is 5.02 Å². The Morgan fingerprint density at radius 1 is 1.65 bits per heavy atom. The molecule has 0 spiro atoms. The second-order valence-corrected chi connectivity index (χ2v) is 4.06. The molecule has 0 saturated carbocycles. The molecule has 1 unspecified atom stereocenters. The van der Waals surface area contributed by atoms with E-state index in [1.165, 1.54) is 6.20 Å². The molecule has 90 valence electrons. The van der Waals surface area contributed by atoms with Gasteiger partial charge in [-0.25, -0.2) is 9.97 Å². The zero-order valence-corrected chi connectivity index (χ0v) is 10.2. The standard InChI is InChI=1S/C10H12ClN5O/c1-5(9(17)13-2)16-8-7(15-10(16)12)3-6(11)4-14-8/h3-5H,1-2H3,(H2,12,15)(H,13,17). The number of carbonyl (C=O) groups is 1. The van der Waals surface area contributed by atoms with E-state index in [2.05, 4.69) is 15.3 Å². The molecule has 6 nitrogen and oxygen atoms in total. The molecule has 3 N–H and O–H groups in total. The van der Waals surface area contributed by atoms with Gasteiger partial charge in [-0.1, -0.05) is 11.6 Å². The normalized spacial score (nSPS) is 12.6. The van der Waals surface area contributed by atoms with Crippen molar-refractivity contribution in [2.24, 2.45) is 0 Å². The average Bonchev–Trinajstić information content (AvgIpc) is 2.62. The zero-order chi connectivity index (χ0) is 12.6. The first-order valence-corrected chi connectivity index (χ1v) is 5.43. The van der Waals surface area contributed by atoms with Gasteiger partial charge in [0.05, 0.1) is 5.02 Å². The van der Waals surface area contributed by atoms with Crippen molar-refractivity contribution in [2.45, 2.75) is 13.0 Å². The van der Waals surface area contributed by atoms with Crippen LogP contribution in [0.3, 0.4) is 0 Å². The number of halogens is 1. The van der Waals surface area contributed by atoms with Crippen LogP contribution in [0.1, 0.15) is 13.0 Å². The summed E-state index contributed by atoms with van der Waals surface area (Å²) >= 11 is 5.82. The Labute approximate surface area is 103 Å². The fourth-order valence-electron chi connectivity index (χ4n) is 1.68. The number of hydrogen-bond donors (Lipinski definition) is 2. The Bertz CT molecular complexity index is 579. The van der Waals surface area contributed by atoms with Gasteiger partial charge in [-0.05, 0) is 13.0 Å². The maximum absolute atomic E-state index is 11.6. The molecule has 0 fully saturated rings. The second kappa shape index (κ2) is 4.21. The van der Waals surface area contributed by atoms with Gasteiger partial charge in [-0.3, -0.25) is 9.36 Å². The van der Waals surface area contributed by atoms with E-state index in [0.29, 0.717) is 16.2 Å². The molecule has 0 radical (unpaired) electrons. The number of nitrogen functional groups attached to an aromatic ring is 1. The fourth-order valence-corrected chi connectivity index (χ4v) is 1.84. The van der Waals surface area contributed by atoms with Crippen LogP contribution >= 0.6 is 11.6 Å². The monoisotopic (exact) mass is 253 g/mol. The minimum Gasteiger partial charge on any atom is -0.369 e. The van der Waals surface area contributed by atoms with Gasteiger partial charge in [0.2, 0.25) is 11.9 Å². The van der Waals surface area contributed by atoms with Crippen LogP contribution in [0.5, 0.6) is 0 Å². The maximum atomic E-state index is 11.6. The van der Waals surface area contributed by atoms with Crippen LogP contribution in [-0.4, -0.2) is 27.5 Å². The van der Waals surface area contributed by atoms with Crippen LogP contribution in [-0.2, 0) is 4.79 Å². The van der Waals surface area contributed by atoms with E-state index < -0.39 is 6.04 Å². The number of anilines is 1. The van der Waals surface area contributed by atoms with E-state index in [1.54, 1.807) is 24.6 Å². The predicted molar refractivity (Wildman–Crippen MR) is 65.7 cm³/mol. The summed E-state index contributed by atoms with van der Waals surface area (Å²) < 4.78 is 1.57. The molecule has 2 aromatic heterocycles. The van der Waals surface area contributed by atoms with Crippen molar-refractivity contribution in [3.63, 3.8) is 0 Å². The minimum absolute atomic E-state index is 0.159. The maximum Gasteiger partial charge on any atom is 0.242 e. The molecule has 2 heterocycles. The number of amides is 1. The lowest BCUT2D eigenvalue weighted by molar-refractivity contribution is -0.123. The molecular weight excluding hydrogens is 242 g/mol. The number of hydrogen-bond acceptors (Lipinski definition) is 4. The van der Waals surface area contributed by atoms with Crippen molar-refractivity contribution in [1.29, 1.82) is 0 Å². The predicted octanol–water partition coefficient (Wildman–Crippen LogP) is 0.974. The molecule has 7 heteroatoms. The van der Waals surface area contributed by atoms with Crippen molar-refractivity contribution in [3.8, 4) is 0 Å². The van der Waals surface area contributed by atoms with Gasteiger partial charge in [-0.15, -0.1) is 0 Å². The van der Waals surface area contributed by atoms with Crippen molar-refractivity contribution < 1.29 is 4.79 Å². The van der Waals surface area contributed by atoms with Crippen molar-refractivity contribution in [1.82, 2.24) is 19.9 Å². The SMILES string of the molecule is CNC(=O)C(C)n1c(N)nc2cc(Cl)cnc21. The van der Waals surface area contributed by atoms with Gasteiger partial charge in [0, 0.05) is 13.2 Å². The lowest BCUT2D eigenvalue weighted by Crippen LogP contribution is -2.28. The number of nitrogens with one attached hydrogen (secondary N) is 1. The smallest absolute Gasteiger partial charge is 0.242 e. The summed E-state index contributed by atoms with van der Waals surface area (Å²) in [4.78, 5) is 19.9. The van der Waals surface area contributed by atoms with Gasteiger partial charge in [0.1, 0.15) is 11.6 Å². The van der Waals surface area contributed by atoms with Crippen molar-refractivity contribution in [2.75, 3.05) is 12.8 Å². The van der Waals surface area contributed by atoms with Crippen LogP contribution in [0.4, 0.5) is 5.95 Å². The summed E-state index contributed by atoms with van der Waals surface area (Å²) in [5.41, 5.74) is 6.90. The number of likely N-dealkylation sites (N-methyl/N-ethyl adjacent to an activating group) is 1. The lowest BCUT2D eigenvalue weighted by atomic mass is 10.3. The van der Waals surface area contributed by atoms with E-state index in [0.717, 1.165) is 0 Å². The first kappa shape index (κ1) is 11.7. The van der Waals surface area contributed by atoms with E-state index in [9.17, 15) is 4.79 Å². The van der Waals surface area contributed by atoms with Gasteiger partial charge >= 0.3 is 0 Å². The zero-order valence-electron chi connectivity index (χ0n) is 9.44. The molecule has 0 saturated heterocycles. The van der Waals surface area contributed by atoms with Crippen LogP contribution in [0, 0.1) is 0 Å². The summed E-state index contributed by atoms with van der Waals surface area (Å²) in [6.07, 6.45) is 1.50. The molecule has 0 aliphatic heterocycles. The fraction of sp³-hybridized carbons (Fsp3) is 0.300. The largest absolute Gasteiger partial charge is 0.369 e. The third-order valence-electron chi connectivity index (χ3n) is 2.54. The van der Waals surface area contributed by atoms with Crippen LogP contribution in [0.25, 0.3) is 11.2 Å². The van der Waals surface area contributed by atoms with Crippen molar-refractivity contribution in [3.05, 3.63) is 17.3 Å². The Balaban J connectivity index is 2.61. The van der Waals surface area contributed by atoms with Crippen molar-refractivity contribution >= 4 is 34.6 Å². The highest BCUT2D eigenvalue weighted by atomic mass is 35.5.